The Hall–Kier alpha value is -1.53. The molecular weight excluding hydrogens is 292 g/mol. The highest BCUT2D eigenvalue weighted by Crippen LogP contribution is 2.18. The van der Waals surface area contributed by atoms with Gasteiger partial charge >= 0.3 is 0 Å². The number of rotatable bonds is 6. The van der Waals surface area contributed by atoms with Gasteiger partial charge in [-0.05, 0) is 44.9 Å². The van der Waals surface area contributed by atoms with Crippen LogP contribution in [0.4, 0.5) is 8.78 Å². The summed E-state index contributed by atoms with van der Waals surface area (Å²) in [6.07, 6.45) is 1.29. The van der Waals surface area contributed by atoms with E-state index in [4.69, 9.17) is 9.47 Å². The molecule has 1 heterocycles. The van der Waals surface area contributed by atoms with Gasteiger partial charge in [0.25, 0.3) is 0 Å². The van der Waals surface area contributed by atoms with Crippen molar-refractivity contribution in [2.24, 2.45) is 0 Å². The van der Waals surface area contributed by atoms with Crippen molar-refractivity contribution in [2.45, 2.75) is 44.9 Å². The van der Waals surface area contributed by atoms with Crippen LogP contribution in [0.25, 0.3) is 0 Å². The first-order chi connectivity index (χ1) is 10.5. The molecule has 1 N–H and O–H groups in total. The highest BCUT2D eigenvalue weighted by molar-refractivity contribution is 5.80. The van der Waals surface area contributed by atoms with Crippen LogP contribution < -0.4 is 5.32 Å². The third kappa shape index (κ3) is 4.48. The molecule has 2 rings (SSSR count). The summed E-state index contributed by atoms with van der Waals surface area (Å²) in [5.41, 5.74) is 0.111. The molecule has 22 heavy (non-hydrogen) atoms. The molecule has 0 bridgehead atoms. The predicted octanol–water partition coefficient (Wildman–Crippen LogP) is 2.73. The average molecular weight is 313 g/mol. The first-order valence-electron chi connectivity index (χ1n) is 7.46. The fraction of sp³-hybridized carbons (Fsp3) is 0.562. The lowest BCUT2D eigenvalue weighted by Crippen LogP contribution is -2.37. The smallest absolute Gasteiger partial charge is 0.249 e. The SMILES string of the molecule is C[C@H](OC[C@@H]1CCCO1)C(=O)N[C@H](C)c1cc(F)ccc1F. The molecule has 1 aromatic rings. The topological polar surface area (TPSA) is 47.6 Å². The maximum atomic E-state index is 13.7. The van der Waals surface area contributed by atoms with Crippen LogP contribution in [0.5, 0.6) is 0 Å². The Bertz CT molecular complexity index is 518. The molecule has 1 saturated heterocycles. The molecule has 0 aromatic heterocycles. The van der Waals surface area contributed by atoms with Gasteiger partial charge in [0.05, 0.1) is 18.8 Å². The Morgan fingerprint density at radius 2 is 2.23 bits per heavy atom. The van der Waals surface area contributed by atoms with E-state index in [1.807, 2.05) is 0 Å². The van der Waals surface area contributed by atoms with Gasteiger partial charge in [-0.15, -0.1) is 0 Å². The van der Waals surface area contributed by atoms with Gasteiger partial charge in [-0.25, -0.2) is 8.78 Å². The van der Waals surface area contributed by atoms with E-state index >= 15 is 0 Å². The lowest BCUT2D eigenvalue weighted by Gasteiger charge is -2.20. The molecule has 4 nitrogen and oxygen atoms in total. The maximum Gasteiger partial charge on any atom is 0.249 e. The van der Waals surface area contributed by atoms with Crippen molar-refractivity contribution in [2.75, 3.05) is 13.2 Å². The first-order valence-corrected chi connectivity index (χ1v) is 7.46. The van der Waals surface area contributed by atoms with Crippen LogP contribution >= 0.6 is 0 Å². The van der Waals surface area contributed by atoms with E-state index in [2.05, 4.69) is 5.32 Å². The van der Waals surface area contributed by atoms with E-state index in [0.29, 0.717) is 6.61 Å². The van der Waals surface area contributed by atoms with Crippen LogP contribution in [0.2, 0.25) is 0 Å². The molecule has 1 fully saturated rings. The molecule has 122 valence electrons. The van der Waals surface area contributed by atoms with Crippen LogP contribution in [0.3, 0.4) is 0 Å². The molecule has 1 aromatic carbocycles. The first kappa shape index (κ1) is 16.8. The molecule has 3 atom stereocenters. The van der Waals surface area contributed by atoms with Gasteiger partial charge in [-0.2, -0.15) is 0 Å². The summed E-state index contributed by atoms with van der Waals surface area (Å²) in [5, 5.41) is 2.63. The lowest BCUT2D eigenvalue weighted by molar-refractivity contribution is -0.134. The highest BCUT2D eigenvalue weighted by atomic mass is 19.1. The molecule has 1 aliphatic heterocycles. The van der Waals surface area contributed by atoms with E-state index in [0.717, 1.165) is 37.6 Å². The minimum absolute atomic E-state index is 0.0355. The Balaban J connectivity index is 1.85. The molecule has 0 unspecified atom stereocenters. The summed E-state index contributed by atoms with van der Waals surface area (Å²) >= 11 is 0. The predicted molar refractivity (Wildman–Crippen MR) is 77.3 cm³/mol. The molecule has 0 radical (unpaired) electrons. The number of carbonyl (C=O) groups excluding carboxylic acids is 1. The zero-order chi connectivity index (χ0) is 16.1. The summed E-state index contributed by atoms with van der Waals surface area (Å²) < 4.78 is 37.7. The molecule has 6 heteroatoms. The van der Waals surface area contributed by atoms with Crippen molar-refractivity contribution < 1.29 is 23.0 Å². The van der Waals surface area contributed by atoms with Crippen molar-refractivity contribution in [3.05, 3.63) is 35.4 Å². The molecule has 1 amide bonds. The number of hydrogen-bond donors (Lipinski definition) is 1. The lowest BCUT2D eigenvalue weighted by atomic mass is 10.1. The second-order valence-corrected chi connectivity index (χ2v) is 5.51. The fourth-order valence-corrected chi connectivity index (χ4v) is 2.36. The van der Waals surface area contributed by atoms with Crippen LogP contribution in [0.1, 0.15) is 38.3 Å². The van der Waals surface area contributed by atoms with Crippen molar-refractivity contribution in [3.8, 4) is 0 Å². The largest absolute Gasteiger partial charge is 0.376 e. The molecule has 0 spiro atoms. The molecule has 1 aliphatic rings. The standard InChI is InChI=1S/C16H21F2NO3/c1-10(14-8-12(17)5-6-15(14)18)19-16(20)11(2)22-9-13-4-3-7-21-13/h5-6,8,10-11,13H,3-4,7,9H2,1-2H3,(H,19,20)/t10-,11+,13+/m1/s1. The number of hydrogen-bond acceptors (Lipinski definition) is 3. The zero-order valence-corrected chi connectivity index (χ0v) is 12.8. The Morgan fingerprint density at radius 3 is 2.91 bits per heavy atom. The number of benzene rings is 1. The van der Waals surface area contributed by atoms with Crippen molar-refractivity contribution >= 4 is 5.91 Å². The van der Waals surface area contributed by atoms with Gasteiger partial charge in [-0.1, -0.05) is 0 Å². The second kappa shape index (κ2) is 7.65. The van der Waals surface area contributed by atoms with Gasteiger partial charge in [0, 0.05) is 12.2 Å². The molecule has 0 aliphatic carbocycles. The average Bonchev–Trinajstić information content (AvgIpc) is 3.00. The minimum atomic E-state index is -0.678. The molecular formula is C16H21F2NO3. The van der Waals surface area contributed by atoms with E-state index < -0.39 is 23.8 Å². The van der Waals surface area contributed by atoms with E-state index in [-0.39, 0.29) is 17.6 Å². The van der Waals surface area contributed by atoms with Crippen molar-refractivity contribution in [3.63, 3.8) is 0 Å². The van der Waals surface area contributed by atoms with Crippen LogP contribution in [0.15, 0.2) is 18.2 Å². The summed E-state index contributed by atoms with van der Waals surface area (Å²) in [5.74, 6) is -1.46. The van der Waals surface area contributed by atoms with Crippen molar-refractivity contribution in [1.82, 2.24) is 5.32 Å². The summed E-state index contributed by atoms with van der Waals surface area (Å²) in [7, 11) is 0. The van der Waals surface area contributed by atoms with Crippen LogP contribution in [-0.2, 0) is 14.3 Å². The van der Waals surface area contributed by atoms with Crippen LogP contribution in [0, 0.1) is 11.6 Å². The van der Waals surface area contributed by atoms with Gasteiger partial charge in [-0.3, -0.25) is 4.79 Å². The Morgan fingerprint density at radius 1 is 1.45 bits per heavy atom. The highest BCUT2D eigenvalue weighted by Gasteiger charge is 2.22. The monoisotopic (exact) mass is 313 g/mol. The quantitative estimate of drug-likeness (QED) is 0.878. The van der Waals surface area contributed by atoms with E-state index in [9.17, 15) is 13.6 Å². The van der Waals surface area contributed by atoms with Gasteiger partial charge in [0.1, 0.15) is 17.7 Å². The second-order valence-electron chi connectivity index (χ2n) is 5.51. The normalized spacial score (nSPS) is 20.6. The third-order valence-electron chi connectivity index (χ3n) is 3.71. The number of carbonyl (C=O) groups is 1. The fourth-order valence-electron chi connectivity index (χ4n) is 2.36. The number of nitrogens with one attached hydrogen (secondary N) is 1. The summed E-state index contributed by atoms with van der Waals surface area (Å²) in [4.78, 5) is 12.0. The summed E-state index contributed by atoms with van der Waals surface area (Å²) in [6, 6.07) is 2.53. The number of amides is 1. The summed E-state index contributed by atoms with van der Waals surface area (Å²) in [6.45, 7) is 4.31. The number of halogens is 2. The van der Waals surface area contributed by atoms with Gasteiger partial charge < -0.3 is 14.8 Å². The number of ether oxygens (including phenoxy) is 2. The van der Waals surface area contributed by atoms with Gasteiger partial charge in [0.2, 0.25) is 5.91 Å². The maximum absolute atomic E-state index is 13.7. The van der Waals surface area contributed by atoms with Gasteiger partial charge in [0.15, 0.2) is 0 Å². The third-order valence-corrected chi connectivity index (χ3v) is 3.71. The van der Waals surface area contributed by atoms with E-state index in [1.165, 1.54) is 0 Å². The van der Waals surface area contributed by atoms with E-state index in [1.54, 1.807) is 13.8 Å². The minimum Gasteiger partial charge on any atom is -0.376 e. The van der Waals surface area contributed by atoms with Crippen molar-refractivity contribution in [1.29, 1.82) is 0 Å². The Kier molecular flexibility index (Phi) is 5.85. The van der Waals surface area contributed by atoms with Crippen LogP contribution in [-0.4, -0.2) is 31.3 Å². The zero-order valence-electron chi connectivity index (χ0n) is 12.8. The Labute approximate surface area is 128 Å². The molecule has 0 saturated carbocycles.